The van der Waals surface area contributed by atoms with Crippen molar-refractivity contribution in [3.8, 4) is 0 Å². The Labute approximate surface area is 90.8 Å². The van der Waals surface area contributed by atoms with E-state index in [1.54, 1.807) is 11.3 Å². The van der Waals surface area contributed by atoms with Gasteiger partial charge in [-0.25, -0.2) is 0 Å². The summed E-state index contributed by atoms with van der Waals surface area (Å²) in [5.41, 5.74) is 1.20. The van der Waals surface area contributed by atoms with Gasteiger partial charge in [-0.15, -0.1) is 11.3 Å². The Hall–Kier alpha value is -1.68. The molecule has 2 aromatic rings. The van der Waals surface area contributed by atoms with Crippen LogP contribution in [0.4, 0.5) is 0 Å². The van der Waals surface area contributed by atoms with Crippen molar-refractivity contribution in [2.75, 3.05) is 0 Å². The van der Waals surface area contributed by atoms with Crippen LogP contribution < -0.4 is 0 Å². The molecule has 0 unspecified atom stereocenters. The Balaban J connectivity index is 2.43. The molecule has 0 radical (unpaired) electrons. The molecule has 1 aromatic heterocycles. The molecule has 0 spiro atoms. The van der Waals surface area contributed by atoms with Gasteiger partial charge in [-0.1, -0.05) is 17.7 Å². The number of hydrogen-bond donors (Lipinski definition) is 0. The van der Waals surface area contributed by atoms with E-state index in [1.165, 1.54) is 11.6 Å². The summed E-state index contributed by atoms with van der Waals surface area (Å²) in [6.07, 6.45) is 2.50. The number of nitro groups is 1. The summed E-state index contributed by atoms with van der Waals surface area (Å²) in [5, 5.41) is 11.3. The number of rotatable bonds is 2. The molecular weight excluding hydrogens is 210 g/mol. The SMILES string of the molecule is Cc1ccc2sc(/C=C/[N+](=O)[O-])cc2c1. The third-order valence-corrected chi connectivity index (χ3v) is 3.13. The van der Waals surface area contributed by atoms with Gasteiger partial charge in [0.1, 0.15) is 0 Å². The molecule has 1 aromatic carbocycles. The van der Waals surface area contributed by atoms with E-state index in [0.717, 1.165) is 21.2 Å². The van der Waals surface area contributed by atoms with Gasteiger partial charge in [-0.3, -0.25) is 10.1 Å². The molecular formula is C11H9NO2S. The van der Waals surface area contributed by atoms with Crippen LogP contribution in [0.25, 0.3) is 16.2 Å². The zero-order valence-electron chi connectivity index (χ0n) is 8.14. The average molecular weight is 219 g/mol. The van der Waals surface area contributed by atoms with Crippen LogP contribution in [0.2, 0.25) is 0 Å². The first-order chi connectivity index (χ1) is 7.15. The van der Waals surface area contributed by atoms with Crippen LogP contribution >= 0.6 is 11.3 Å². The number of thiophene rings is 1. The molecule has 0 fully saturated rings. The predicted molar refractivity (Wildman–Crippen MR) is 62.6 cm³/mol. The maximum absolute atomic E-state index is 10.2. The third-order valence-electron chi connectivity index (χ3n) is 2.05. The molecule has 0 aliphatic rings. The Kier molecular flexibility index (Phi) is 2.51. The van der Waals surface area contributed by atoms with Gasteiger partial charge in [0.25, 0.3) is 0 Å². The van der Waals surface area contributed by atoms with E-state index < -0.39 is 4.92 Å². The van der Waals surface area contributed by atoms with Crippen molar-refractivity contribution in [3.05, 3.63) is 51.0 Å². The monoisotopic (exact) mass is 219 g/mol. The molecule has 15 heavy (non-hydrogen) atoms. The van der Waals surface area contributed by atoms with Crippen molar-refractivity contribution in [2.24, 2.45) is 0 Å². The molecule has 1 heterocycles. The maximum Gasteiger partial charge on any atom is 0.235 e. The predicted octanol–water partition coefficient (Wildman–Crippen LogP) is 3.46. The maximum atomic E-state index is 10.2. The van der Waals surface area contributed by atoms with Gasteiger partial charge in [0.05, 0.1) is 4.92 Å². The molecule has 0 saturated heterocycles. The van der Waals surface area contributed by atoms with Crippen LogP contribution in [0.5, 0.6) is 0 Å². The molecule has 0 atom stereocenters. The minimum Gasteiger partial charge on any atom is -0.259 e. The number of fused-ring (bicyclic) bond motifs is 1. The molecule has 0 amide bonds. The van der Waals surface area contributed by atoms with Crippen molar-refractivity contribution in [3.63, 3.8) is 0 Å². The summed E-state index contributed by atoms with van der Waals surface area (Å²) in [6, 6.07) is 8.13. The first-order valence-electron chi connectivity index (χ1n) is 4.47. The van der Waals surface area contributed by atoms with Gasteiger partial charge in [-0.05, 0) is 24.4 Å². The lowest BCUT2D eigenvalue weighted by Gasteiger charge is -1.89. The molecule has 76 valence electrons. The molecule has 4 heteroatoms. The van der Waals surface area contributed by atoms with Crippen LogP contribution in [-0.4, -0.2) is 4.92 Å². The van der Waals surface area contributed by atoms with Gasteiger partial charge in [0.15, 0.2) is 0 Å². The summed E-state index contributed by atoms with van der Waals surface area (Å²) in [5.74, 6) is 0. The Morgan fingerprint density at radius 3 is 2.93 bits per heavy atom. The lowest BCUT2D eigenvalue weighted by Crippen LogP contribution is -1.80. The highest BCUT2D eigenvalue weighted by Gasteiger charge is 2.00. The van der Waals surface area contributed by atoms with Crippen LogP contribution in [0, 0.1) is 17.0 Å². The third kappa shape index (κ3) is 2.22. The first kappa shape index (κ1) is 9.86. The highest BCUT2D eigenvalue weighted by Crippen LogP contribution is 2.27. The number of aryl methyl sites for hydroxylation is 1. The van der Waals surface area contributed by atoms with Crippen molar-refractivity contribution in [1.29, 1.82) is 0 Å². The number of hydrogen-bond acceptors (Lipinski definition) is 3. The highest BCUT2D eigenvalue weighted by atomic mass is 32.1. The number of benzene rings is 1. The molecule has 0 aliphatic heterocycles. The Morgan fingerprint density at radius 2 is 2.20 bits per heavy atom. The zero-order valence-corrected chi connectivity index (χ0v) is 8.95. The molecule has 0 N–H and O–H groups in total. The van der Waals surface area contributed by atoms with Crippen LogP contribution in [-0.2, 0) is 0 Å². The largest absolute Gasteiger partial charge is 0.259 e. The molecule has 0 aliphatic carbocycles. The van der Waals surface area contributed by atoms with E-state index in [2.05, 4.69) is 6.07 Å². The minimum absolute atomic E-state index is 0.449. The first-order valence-corrected chi connectivity index (χ1v) is 5.29. The highest BCUT2D eigenvalue weighted by molar-refractivity contribution is 7.19. The second kappa shape index (κ2) is 3.82. The van der Waals surface area contributed by atoms with Crippen molar-refractivity contribution in [1.82, 2.24) is 0 Å². The fourth-order valence-electron chi connectivity index (χ4n) is 1.40. The standard InChI is InChI=1S/C11H9NO2S/c1-8-2-3-11-9(6-8)7-10(15-11)4-5-12(13)14/h2-7H,1H3/b5-4+. The van der Waals surface area contributed by atoms with E-state index in [0.29, 0.717) is 0 Å². The fraction of sp³-hybridized carbons (Fsp3) is 0.0909. The van der Waals surface area contributed by atoms with Gasteiger partial charge in [0.2, 0.25) is 6.20 Å². The van der Waals surface area contributed by atoms with Crippen LogP contribution in [0.1, 0.15) is 10.4 Å². The summed E-state index contributed by atoms with van der Waals surface area (Å²) < 4.78 is 1.16. The molecule has 0 saturated carbocycles. The second-order valence-electron chi connectivity index (χ2n) is 3.29. The Bertz CT molecular complexity index is 543. The van der Waals surface area contributed by atoms with Gasteiger partial charge in [-0.2, -0.15) is 0 Å². The van der Waals surface area contributed by atoms with Gasteiger partial charge < -0.3 is 0 Å². The fourth-order valence-corrected chi connectivity index (χ4v) is 2.34. The minimum atomic E-state index is -0.449. The van der Waals surface area contributed by atoms with Crippen molar-refractivity contribution < 1.29 is 4.92 Å². The zero-order chi connectivity index (χ0) is 10.8. The second-order valence-corrected chi connectivity index (χ2v) is 4.41. The topological polar surface area (TPSA) is 43.1 Å². The van der Waals surface area contributed by atoms with Crippen molar-refractivity contribution >= 4 is 27.5 Å². The molecule has 2 rings (SSSR count). The lowest BCUT2D eigenvalue weighted by atomic mass is 10.2. The van der Waals surface area contributed by atoms with E-state index in [4.69, 9.17) is 0 Å². The molecule has 3 nitrogen and oxygen atoms in total. The quantitative estimate of drug-likeness (QED) is 0.573. The normalized spacial score (nSPS) is 11.3. The molecule has 0 bridgehead atoms. The van der Waals surface area contributed by atoms with E-state index in [1.807, 2.05) is 25.1 Å². The Morgan fingerprint density at radius 1 is 1.40 bits per heavy atom. The average Bonchev–Trinajstić information content (AvgIpc) is 2.56. The summed E-state index contributed by atoms with van der Waals surface area (Å²) in [7, 11) is 0. The van der Waals surface area contributed by atoms with E-state index >= 15 is 0 Å². The van der Waals surface area contributed by atoms with Gasteiger partial charge >= 0.3 is 0 Å². The van der Waals surface area contributed by atoms with Crippen LogP contribution in [0.3, 0.4) is 0 Å². The van der Waals surface area contributed by atoms with Gasteiger partial charge in [0, 0.05) is 15.7 Å². The summed E-state index contributed by atoms with van der Waals surface area (Å²) in [6.45, 7) is 2.03. The van der Waals surface area contributed by atoms with Crippen molar-refractivity contribution in [2.45, 2.75) is 6.92 Å². The van der Waals surface area contributed by atoms with E-state index in [-0.39, 0.29) is 0 Å². The summed E-state index contributed by atoms with van der Waals surface area (Å²) in [4.78, 5) is 10.6. The van der Waals surface area contributed by atoms with E-state index in [9.17, 15) is 10.1 Å². The lowest BCUT2D eigenvalue weighted by molar-refractivity contribution is -0.400. The number of nitrogens with zero attached hydrogens (tertiary/aromatic N) is 1. The summed E-state index contributed by atoms with van der Waals surface area (Å²) >= 11 is 1.56. The smallest absolute Gasteiger partial charge is 0.235 e. The van der Waals surface area contributed by atoms with Crippen LogP contribution in [0.15, 0.2) is 30.5 Å².